The van der Waals surface area contributed by atoms with Gasteiger partial charge in [-0.1, -0.05) is 11.6 Å². The Labute approximate surface area is 99.2 Å². The Kier molecular flexibility index (Phi) is 3.43. The summed E-state index contributed by atoms with van der Waals surface area (Å²) in [6.45, 7) is 4.33. The number of aryl methyl sites for hydroxylation is 1. The molecule has 0 amide bonds. The van der Waals surface area contributed by atoms with Crippen molar-refractivity contribution in [3.8, 4) is 0 Å². The second kappa shape index (κ2) is 4.69. The van der Waals surface area contributed by atoms with Crippen LogP contribution in [0.15, 0.2) is 18.2 Å². The number of alkyl halides is 3. The average molecular weight is 243 g/mol. The van der Waals surface area contributed by atoms with Gasteiger partial charge in [-0.3, -0.25) is 4.90 Å². The Morgan fingerprint density at radius 2 is 1.76 bits per heavy atom. The minimum Gasteiger partial charge on any atom is -0.299 e. The van der Waals surface area contributed by atoms with E-state index in [4.69, 9.17) is 0 Å². The van der Waals surface area contributed by atoms with Crippen molar-refractivity contribution in [3.05, 3.63) is 34.9 Å². The van der Waals surface area contributed by atoms with Crippen LogP contribution in [0.25, 0.3) is 0 Å². The number of hydrogen-bond acceptors (Lipinski definition) is 1. The van der Waals surface area contributed by atoms with Crippen molar-refractivity contribution in [2.24, 2.45) is 0 Å². The second-order valence-electron chi connectivity index (χ2n) is 4.69. The van der Waals surface area contributed by atoms with Crippen molar-refractivity contribution in [1.82, 2.24) is 4.90 Å². The van der Waals surface area contributed by atoms with Gasteiger partial charge in [-0.25, -0.2) is 0 Å². The fraction of sp³-hybridized carbons (Fsp3) is 0.538. The van der Waals surface area contributed by atoms with Crippen molar-refractivity contribution in [2.45, 2.75) is 32.5 Å². The second-order valence-corrected chi connectivity index (χ2v) is 4.69. The van der Waals surface area contributed by atoms with Gasteiger partial charge >= 0.3 is 6.18 Å². The first-order valence-electron chi connectivity index (χ1n) is 5.85. The highest BCUT2D eigenvalue weighted by molar-refractivity contribution is 5.31. The highest BCUT2D eigenvalue weighted by Gasteiger charge is 2.31. The van der Waals surface area contributed by atoms with Crippen molar-refractivity contribution >= 4 is 0 Å². The van der Waals surface area contributed by atoms with Crippen LogP contribution in [0.2, 0.25) is 0 Å². The van der Waals surface area contributed by atoms with Gasteiger partial charge in [0.25, 0.3) is 0 Å². The maximum Gasteiger partial charge on any atom is 0.416 e. The quantitative estimate of drug-likeness (QED) is 0.767. The van der Waals surface area contributed by atoms with Crippen LogP contribution in [-0.4, -0.2) is 18.0 Å². The molecule has 0 saturated carbocycles. The lowest BCUT2D eigenvalue weighted by atomic mass is 10.1. The van der Waals surface area contributed by atoms with Crippen LogP contribution < -0.4 is 0 Å². The van der Waals surface area contributed by atoms with E-state index in [-0.39, 0.29) is 0 Å². The third-order valence-corrected chi connectivity index (χ3v) is 3.07. The lowest BCUT2D eigenvalue weighted by Crippen LogP contribution is -2.19. The van der Waals surface area contributed by atoms with Crippen molar-refractivity contribution in [3.63, 3.8) is 0 Å². The number of halogens is 3. The highest BCUT2D eigenvalue weighted by atomic mass is 19.4. The first-order chi connectivity index (χ1) is 7.95. The molecule has 1 aliphatic rings. The molecule has 0 aliphatic carbocycles. The molecule has 94 valence electrons. The number of hydrogen-bond donors (Lipinski definition) is 0. The topological polar surface area (TPSA) is 3.24 Å². The Bertz CT molecular complexity index is 392. The number of likely N-dealkylation sites (tertiary alicyclic amines) is 1. The standard InChI is InChI=1S/C13H16F3N/c1-10-6-11(9-17-4-2-3-5-17)8-12(7-10)13(14,15)16/h6-8H,2-5,9H2,1H3. The zero-order valence-electron chi connectivity index (χ0n) is 9.85. The molecule has 0 aromatic heterocycles. The van der Waals surface area contributed by atoms with E-state index in [1.807, 2.05) is 6.07 Å². The SMILES string of the molecule is Cc1cc(CN2CCCC2)cc(C(F)(F)F)c1. The van der Waals surface area contributed by atoms with E-state index in [1.54, 1.807) is 6.92 Å². The molecule has 2 rings (SSSR count). The zero-order chi connectivity index (χ0) is 12.5. The molecule has 1 saturated heterocycles. The van der Waals surface area contributed by atoms with E-state index < -0.39 is 11.7 Å². The molecule has 0 atom stereocenters. The summed E-state index contributed by atoms with van der Waals surface area (Å²) < 4.78 is 37.9. The first kappa shape index (κ1) is 12.4. The Balaban J connectivity index is 2.19. The Morgan fingerprint density at radius 3 is 2.35 bits per heavy atom. The van der Waals surface area contributed by atoms with Gasteiger partial charge in [0, 0.05) is 6.54 Å². The minimum atomic E-state index is -4.24. The minimum absolute atomic E-state index is 0.535. The Hall–Kier alpha value is -1.03. The van der Waals surface area contributed by atoms with Gasteiger partial charge in [-0.05, 0) is 50.6 Å². The molecule has 1 aromatic carbocycles. The van der Waals surface area contributed by atoms with Gasteiger partial charge in [0.05, 0.1) is 5.56 Å². The van der Waals surface area contributed by atoms with E-state index in [9.17, 15) is 13.2 Å². The summed E-state index contributed by atoms with van der Waals surface area (Å²) in [5, 5.41) is 0. The van der Waals surface area contributed by atoms with Gasteiger partial charge in [-0.2, -0.15) is 13.2 Å². The van der Waals surface area contributed by atoms with Crippen molar-refractivity contribution < 1.29 is 13.2 Å². The number of rotatable bonds is 2. The number of benzene rings is 1. The number of nitrogens with zero attached hydrogens (tertiary/aromatic N) is 1. The largest absolute Gasteiger partial charge is 0.416 e. The normalized spacial score (nSPS) is 17.6. The van der Waals surface area contributed by atoms with Crippen molar-refractivity contribution in [2.75, 3.05) is 13.1 Å². The predicted molar refractivity (Wildman–Crippen MR) is 60.7 cm³/mol. The van der Waals surface area contributed by atoms with Crippen LogP contribution >= 0.6 is 0 Å². The predicted octanol–water partition coefficient (Wildman–Crippen LogP) is 3.61. The molecule has 1 aliphatic heterocycles. The lowest BCUT2D eigenvalue weighted by Gasteiger charge is -2.16. The van der Waals surface area contributed by atoms with Crippen LogP contribution in [0.5, 0.6) is 0 Å². The summed E-state index contributed by atoms with van der Waals surface area (Å²) in [6, 6.07) is 4.31. The van der Waals surface area contributed by atoms with Gasteiger partial charge < -0.3 is 0 Å². The van der Waals surface area contributed by atoms with E-state index in [1.165, 1.54) is 12.1 Å². The highest BCUT2D eigenvalue weighted by Crippen LogP contribution is 2.31. The van der Waals surface area contributed by atoms with Crippen LogP contribution in [0.4, 0.5) is 13.2 Å². The summed E-state index contributed by atoms with van der Waals surface area (Å²) in [7, 11) is 0. The zero-order valence-corrected chi connectivity index (χ0v) is 9.85. The maximum absolute atomic E-state index is 12.6. The lowest BCUT2D eigenvalue weighted by molar-refractivity contribution is -0.137. The third-order valence-electron chi connectivity index (χ3n) is 3.07. The fourth-order valence-corrected chi connectivity index (χ4v) is 2.32. The molecule has 1 heterocycles. The summed E-state index contributed by atoms with van der Waals surface area (Å²) in [5.74, 6) is 0. The smallest absolute Gasteiger partial charge is 0.299 e. The molecule has 4 heteroatoms. The molecule has 0 bridgehead atoms. The van der Waals surface area contributed by atoms with E-state index in [0.717, 1.165) is 31.5 Å². The van der Waals surface area contributed by atoms with Crippen LogP contribution in [0.1, 0.15) is 29.5 Å². The van der Waals surface area contributed by atoms with Gasteiger partial charge in [0.15, 0.2) is 0 Å². The molecular weight excluding hydrogens is 227 g/mol. The van der Waals surface area contributed by atoms with Crippen LogP contribution in [-0.2, 0) is 12.7 Å². The summed E-state index contributed by atoms with van der Waals surface area (Å²) >= 11 is 0. The average Bonchev–Trinajstić information content (AvgIpc) is 2.68. The van der Waals surface area contributed by atoms with E-state index in [0.29, 0.717) is 12.1 Å². The molecule has 17 heavy (non-hydrogen) atoms. The summed E-state index contributed by atoms with van der Waals surface area (Å²) in [6.07, 6.45) is -1.94. The molecule has 0 N–H and O–H groups in total. The van der Waals surface area contributed by atoms with Crippen LogP contribution in [0, 0.1) is 6.92 Å². The molecule has 1 aromatic rings. The third kappa shape index (κ3) is 3.22. The summed E-state index contributed by atoms with van der Waals surface area (Å²) in [4.78, 5) is 2.20. The molecule has 0 unspecified atom stereocenters. The van der Waals surface area contributed by atoms with Gasteiger partial charge in [-0.15, -0.1) is 0 Å². The monoisotopic (exact) mass is 243 g/mol. The molecule has 1 nitrogen and oxygen atoms in total. The van der Waals surface area contributed by atoms with E-state index >= 15 is 0 Å². The maximum atomic E-state index is 12.6. The first-order valence-corrected chi connectivity index (χ1v) is 5.85. The summed E-state index contributed by atoms with van der Waals surface area (Å²) in [5.41, 5.74) is 0.903. The Morgan fingerprint density at radius 1 is 1.12 bits per heavy atom. The van der Waals surface area contributed by atoms with Gasteiger partial charge in [0.2, 0.25) is 0 Å². The van der Waals surface area contributed by atoms with Crippen LogP contribution in [0.3, 0.4) is 0 Å². The van der Waals surface area contributed by atoms with Gasteiger partial charge in [0.1, 0.15) is 0 Å². The molecular formula is C13H16F3N. The van der Waals surface area contributed by atoms with Crippen molar-refractivity contribution in [1.29, 1.82) is 0 Å². The molecule has 0 radical (unpaired) electrons. The molecule has 1 fully saturated rings. The fourth-order valence-electron chi connectivity index (χ4n) is 2.32. The molecule has 0 spiro atoms. The van der Waals surface area contributed by atoms with E-state index in [2.05, 4.69) is 4.90 Å².